The Kier molecular flexibility index (Phi) is 48.6. The average molecular weight is 1230 g/mol. The van der Waals surface area contributed by atoms with Gasteiger partial charge in [-0.2, -0.15) is 85.0 Å². The van der Waals surface area contributed by atoms with Crippen LogP contribution in [0.1, 0.15) is 136 Å². The van der Waals surface area contributed by atoms with E-state index in [1.54, 1.807) is 39.5 Å². The van der Waals surface area contributed by atoms with Gasteiger partial charge in [-0.05, 0) is 52.5 Å². The molecule has 0 spiro atoms. The smallest absolute Gasteiger partial charge is 0.184 e. The summed E-state index contributed by atoms with van der Waals surface area (Å²) in [6.07, 6.45) is -6.11. The molecule has 0 saturated heterocycles. The van der Waals surface area contributed by atoms with E-state index in [9.17, 15) is 61.5 Å². The third-order valence-electron chi connectivity index (χ3n) is 5.57. The zero-order valence-corrected chi connectivity index (χ0v) is 49.3. The van der Waals surface area contributed by atoms with E-state index in [2.05, 4.69) is 39.5 Å². The predicted octanol–water partition coefficient (Wildman–Crippen LogP) is 22.1. The minimum absolute atomic E-state index is 0.0116. The highest BCUT2D eigenvalue weighted by Crippen LogP contribution is 2.46. The molecule has 0 heterocycles. The Morgan fingerprint density at radius 1 is 0.446 bits per heavy atom. The molecule has 0 aliphatic heterocycles. The van der Waals surface area contributed by atoms with Gasteiger partial charge in [-0.25, -0.2) is 0 Å². The van der Waals surface area contributed by atoms with Crippen LogP contribution < -0.4 is 0 Å². The highest BCUT2D eigenvalue weighted by molar-refractivity contribution is 8.05. The SMILES string of the molecule is CC(C)SC(C)C(F)(F)F.CC(C)SC(Cl)(Cl)Cl.CC(C)SC(F)(F)C(F)(F)F.CC(C)SC(F)(F)F.CC(C)SC1CCCCC1.CC(C)SCC(Cl)(Cl)Cl.CC(C)SCC(F)(F)F. The molecule has 402 valence electrons. The summed E-state index contributed by atoms with van der Waals surface area (Å²) in [5.41, 5.74) is -4.06. The van der Waals surface area contributed by atoms with Crippen LogP contribution in [0, 0.1) is 0 Å². The monoisotopic (exact) mass is 1220 g/mol. The standard InChI is InChI=1S/C9H18S.C6H11F3S.C5H9Cl3S.C5H7F5S.C5H9F3S.C4H7Cl3S.C4H7F3S/c1-8(2)10-9-6-4-3-5-7-9;1-4(2)10-5(3)6(7,8)9;1-4(2)9-3-5(6,7)8;1-3(2)11-5(9,10)4(6,7)8;1-4(2)9-3-5(6,7)8;2*1-3(2)8-4(5,6)7/h8-9H,3-7H2,1-2H3;4-5H,1-3H3;4H,3H2,1-2H3;3H,1-2H3;4H,3H2,1-2H3;2*3H,1-2H3. The van der Waals surface area contributed by atoms with E-state index in [-0.39, 0.29) is 27.5 Å². The summed E-state index contributed by atoms with van der Waals surface area (Å²) in [7, 11) is 0. The van der Waals surface area contributed by atoms with Gasteiger partial charge in [-0.15, -0.1) is 35.3 Å². The van der Waals surface area contributed by atoms with E-state index in [0.29, 0.717) is 16.3 Å². The lowest BCUT2D eigenvalue weighted by Crippen LogP contribution is -2.34. The minimum Gasteiger partial charge on any atom is -0.184 e. The van der Waals surface area contributed by atoms with Crippen LogP contribution in [0.4, 0.5) is 61.5 Å². The lowest BCUT2D eigenvalue weighted by Gasteiger charge is -2.22. The topological polar surface area (TPSA) is 0 Å². The number of rotatable bonds is 12. The molecule has 0 aromatic rings. The minimum atomic E-state index is -5.44. The maximum absolute atomic E-state index is 12.0. The molecule has 0 aromatic carbocycles. The largest absolute Gasteiger partial charge is 0.464 e. The fourth-order valence-corrected chi connectivity index (χ4v) is 10.8. The number of hydrogen-bond donors (Lipinski definition) is 0. The third kappa shape index (κ3) is 76.3. The van der Waals surface area contributed by atoms with Crippen molar-refractivity contribution >= 4 is 152 Å². The highest BCUT2D eigenvalue weighted by Gasteiger charge is 2.58. The van der Waals surface area contributed by atoms with Crippen molar-refractivity contribution < 1.29 is 61.5 Å². The Morgan fingerprint density at radius 3 is 0.954 bits per heavy atom. The van der Waals surface area contributed by atoms with Crippen LogP contribution in [0.2, 0.25) is 0 Å². The number of thioether (sulfide) groups is 7. The fraction of sp³-hybridized carbons (Fsp3) is 1.00. The van der Waals surface area contributed by atoms with Gasteiger partial charge in [0, 0.05) is 26.8 Å². The van der Waals surface area contributed by atoms with Crippen molar-refractivity contribution in [2.24, 2.45) is 0 Å². The molecule has 65 heavy (non-hydrogen) atoms. The van der Waals surface area contributed by atoms with Crippen LogP contribution in [0.3, 0.4) is 0 Å². The molecule has 1 fully saturated rings. The van der Waals surface area contributed by atoms with Crippen molar-refractivity contribution in [3.63, 3.8) is 0 Å². The maximum Gasteiger partial charge on any atom is 0.464 e. The second-order valence-corrected chi connectivity index (χ2v) is 32.7. The molecule has 1 saturated carbocycles. The first-order valence-electron chi connectivity index (χ1n) is 19.8. The molecule has 0 nitrogen and oxygen atoms in total. The van der Waals surface area contributed by atoms with Gasteiger partial charge in [0.2, 0.25) is 3.12 Å². The molecule has 0 N–H and O–H groups in total. The first-order chi connectivity index (χ1) is 28.5. The highest BCUT2D eigenvalue weighted by atomic mass is 35.6. The molecule has 0 amide bonds. The molecule has 1 atom stereocenters. The van der Waals surface area contributed by atoms with E-state index >= 15 is 0 Å². The zero-order valence-electron chi connectivity index (χ0n) is 39.1. The van der Waals surface area contributed by atoms with Crippen molar-refractivity contribution in [2.45, 2.75) is 219 Å². The Morgan fingerprint density at radius 2 is 0.815 bits per heavy atom. The summed E-state index contributed by atoms with van der Waals surface area (Å²) in [4.78, 5) is 0. The van der Waals surface area contributed by atoms with Crippen molar-refractivity contribution in [2.75, 3.05) is 11.5 Å². The lowest BCUT2D eigenvalue weighted by molar-refractivity contribution is -0.237. The first kappa shape index (κ1) is 79.6. The molecular weight excluding hydrogens is 1160 g/mol. The van der Waals surface area contributed by atoms with Crippen LogP contribution in [-0.4, -0.2) is 95.0 Å². The van der Waals surface area contributed by atoms with Crippen molar-refractivity contribution in [1.82, 2.24) is 0 Å². The molecule has 1 rings (SSSR count). The molecule has 0 radical (unpaired) electrons. The Labute approximate surface area is 440 Å². The van der Waals surface area contributed by atoms with Gasteiger partial charge in [0.15, 0.2) is 3.79 Å². The van der Waals surface area contributed by atoms with Gasteiger partial charge < -0.3 is 0 Å². The molecular formula is C38H68Cl6F14S7. The normalized spacial score (nSPS) is 14.9. The second kappa shape index (κ2) is 39.6. The van der Waals surface area contributed by atoms with E-state index in [1.807, 2.05) is 13.8 Å². The summed E-state index contributed by atoms with van der Waals surface area (Å²) in [6, 6.07) is 0. The number of alkyl halides is 20. The zero-order chi connectivity index (χ0) is 53.6. The molecule has 1 aliphatic rings. The predicted molar refractivity (Wildman–Crippen MR) is 275 cm³/mol. The van der Waals surface area contributed by atoms with E-state index in [1.165, 1.54) is 78.5 Å². The molecule has 27 heteroatoms. The first-order valence-corrected chi connectivity index (χ1v) is 28.7. The Balaban J connectivity index is -0.000000157. The summed E-state index contributed by atoms with van der Waals surface area (Å²) in [5, 5.41) is -4.15. The van der Waals surface area contributed by atoms with E-state index < -0.39 is 64.2 Å². The summed E-state index contributed by atoms with van der Waals surface area (Å²) < 4.78 is 159. The summed E-state index contributed by atoms with van der Waals surface area (Å²) >= 11 is 39.3. The molecule has 0 aromatic heterocycles. The van der Waals surface area contributed by atoms with Crippen LogP contribution >= 0.6 is 152 Å². The Bertz CT molecular complexity index is 1040. The Hall–Kier alpha value is 3.21. The molecule has 1 aliphatic carbocycles. The summed E-state index contributed by atoms with van der Waals surface area (Å²) in [6.45, 7) is 26.5. The van der Waals surface area contributed by atoms with Gasteiger partial charge in [0.05, 0.1) is 11.0 Å². The molecule has 0 bridgehead atoms. The van der Waals surface area contributed by atoms with Crippen molar-refractivity contribution in [3.05, 3.63) is 0 Å². The van der Waals surface area contributed by atoms with Gasteiger partial charge in [0.1, 0.15) is 0 Å². The fourth-order valence-electron chi connectivity index (χ4n) is 3.49. The van der Waals surface area contributed by atoms with Crippen molar-refractivity contribution in [1.29, 1.82) is 0 Å². The number of hydrogen-bond acceptors (Lipinski definition) is 7. The van der Waals surface area contributed by atoms with E-state index in [0.717, 1.165) is 34.0 Å². The average Bonchev–Trinajstić information content (AvgIpc) is 3.00. The second-order valence-electron chi connectivity index (χ2n) is 15.2. The maximum atomic E-state index is 12.0. The summed E-state index contributed by atoms with van der Waals surface area (Å²) in [5.74, 6) is -0.167. The molecule has 1 unspecified atom stereocenters. The van der Waals surface area contributed by atoms with Crippen molar-refractivity contribution in [3.8, 4) is 0 Å². The van der Waals surface area contributed by atoms with E-state index in [4.69, 9.17) is 69.6 Å². The van der Waals surface area contributed by atoms with Crippen LogP contribution in [0.5, 0.6) is 0 Å². The van der Waals surface area contributed by atoms with Crippen LogP contribution in [-0.2, 0) is 0 Å². The third-order valence-corrected chi connectivity index (χ3v) is 14.8. The van der Waals surface area contributed by atoms with Gasteiger partial charge in [-0.1, -0.05) is 198 Å². The van der Waals surface area contributed by atoms with Gasteiger partial charge >= 0.3 is 29.3 Å². The lowest BCUT2D eigenvalue weighted by atomic mass is 10.0. The van der Waals surface area contributed by atoms with Crippen LogP contribution in [0.15, 0.2) is 0 Å². The van der Waals surface area contributed by atoms with Gasteiger partial charge in [-0.3, -0.25) is 0 Å². The quantitative estimate of drug-likeness (QED) is 0.139. The number of halogens is 20. The van der Waals surface area contributed by atoms with Gasteiger partial charge in [0.25, 0.3) is 0 Å². The van der Waals surface area contributed by atoms with Crippen LogP contribution in [0.25, 0.3) is 0 Å².